The highest BCUT2D eigenvalue weighted by atomic mass is 16.4. The normalized spacial score (nSPS) is 10.6. The molecular formula is C10H18N4O2. The van der Waals surface area contributed by atoms with Crippen molar-refractivity contribution in [1.82, 2.24) is 20.1 Å². The van der Waals surface area contributed by atoms with Crippen LogP contribution >= 0.6 is 0 Å². The number of hydrogen-bond donors (Lipinski definition) is 2. The number of unbranched alkanes of at least 4 members (excludes halogenated alkanes) is 2. The van der Waals surface area contributed by atoms with E-state index >= 15 is 0 Å². The number of carboxylic acid groups (broad SMARTS) is 1. The van der Waals surface area contributed by atoms with Crippen molar-refractivity contribution in [2.45, 2.75) is 32.2 Å². The average molecular weight is 226 g/mol. The topological polar surface area (TPSA) is 80.0 Å². The van der Waals surface area contributed by atoms with Gasteiger partial charge in [-0.2, -0.15) is 5.10 Å². The van der Waals surface area contributed by atoms with Crippen LogP contribution in [0.2, 0.25) is 0 Å². The van der Waals surface area contributed by atoms with Gasteiger partial charge in [0.1, 0.15) is 6.33 Å². The van der Waals surface area contributed by atoms with Gasteiger partial charge in [0.2, 0.25) is 0 Å². The van der Waals surface area contributed by atoms with Gasteiger partial charge in [-0.05, 0) is 19.4 Å². The predicted molar refractivity (Wildman–Crippen MR) is 58.8 cm³/mol. The minimum atomic E-state index is -0.717. The van der Waals surface area contributed by atoms with Crippen LogP contribution in [-0.2, 0) is 18.4 Å². The number of hydrogen-bond acceptors (Lipinski definition) is 4. The number of nitrogens with one attached hydrogen (secondary N) is 1. The highest BCUT2D eigenvalue weighted by Crippen LogP contribution is 1.98. The molecule has 2 N–H and O–H groups in total. The van der Waals surface area contributed by atoms with Crippen LogP contribution in [0.5, 0.6) is 0 Å². The fraction of sp³-hybridized carbons (Fsp3) is 0.700. The van der Waals surface area contributed by atoms with Crippen LogP contribution in [-0.4, -0.2) is 32.4 Å². The van der Waals surface area contributed by atoms with Crippen molar-refractivity contribution in [3.63, 3.8) is 0 Å². The lowest BCUT2D eigenvalue weighted by Gasteiger charge is -2.01. The maximum absolute atomic E-state index is 10.2. The maximum atomic E-state index is 10.2. The van der Waals surface area contributed by atoms with Gasteiger partial charge >= 0.3 is 5.97 Å². The number of aromatic nitrogens is 3. The largest absolute Gasteiger partial charge is 0.481 e. The Morgan fingerprint density at radius 2 is 2.31 bits per heavy atom. The molecule has 0 fully saturated rings. The molecule has 0 aromatic carbocycles. The third kappa shape index (κ3) is 5.45. The van der Waals surface area contributed by atoms with Crippen molar-refractivity contribution in [3.8, 4) is 0 Å². The molecule has 0 bridgehead atoms. The van der Waals surface area contributed by atoms with E-state index in [1.807, 2.05) is 7.05 Å². The lowest BCUT2D eigenvalue weighted by atomic mass is 10.2. The zero-order chi connectivity index (χ0) is 11.8. The first-order chi connectivity index (χ1) is 7.68. The smallest absolute Gasteiger partial charge is 0.303 e. The van der Waals surface area contributed by atoms with E-state index in [1.54, 1.807) is 11.0 Å². The van der Waals surface area contributed by atoms with Crippen molar-refractivity contribution >= 4 is 5.97 Å². The van der Waals surface area contributed by atoms with Gasteiger partial charge < -0.3 is 10.4 Å². The third-order valence-corrected chi connectivity index (χ3v) is 2.17. The first-order valence-corrected chi connectivity index (χ1v) is 5.45. The van der Waals surface area contributed by atoms with E-state index in [0.717, 1.165) is 31.6 Å². The Kier molecular flexibility index (Phi) is 5.49. The van der Waals surface area contributed by atoms with Crippen LogP contribution < -0.4 is 5.32 Å². The van der Waals surface area contributed by atoms with Gasteiger partial charge in [-0.15, -0.1) is 0 Å². The summed E-state index contributed by atoms with van der Waals surface area (Å²) in [6.07, 6.45) is 4.61. The Labute approximate surface area is 94.7 Å². The molecule has 0 unspecified atom stereocenters. The van der Waals surface area contributed by atoms with Gasteiger partial charge in [-0.25, -0.2) is 4.98 Å². The van der Waals surface area contributed by atoms with E-state index in [4.69, 9.17) is 5.11 Å². The SMILES string of the molecule is Cn1cnc(CNCCCCCC(=O)O)n1. The molecule has 0 amide bonds. The summed E-state index contributed by atoms with van der Waals surface area (Å²) in [5, 5.41) is 15.8. The van der Waals surface area contributed by atoms with Crippen molar-refractivity contribution < 1.29 is 9.90 Å². The van der Waals surface area contributed by atoms with E-state index < -0.39 is 5.97 Å². The summed E-state index contributed by atoms with van der Waals surface area (Å²) in [4.78, 5) is 14.3. The van der Waals surface area contributed by atoms with Crippen molar-refractivity contribution in [1.29, 1.82) is 0 Å². The Hall–Kier alpha value is -1.43. The summed E-state index contributed by atoms with van der Waals surface area (Å²) in [6, 6.07) is 0. The van der Waals surface area contributed by atoms with Gasteiger partial charge in [-0.1, -0.05) is 6.42 Å². The molecule has 1 heterocycles. The average Bonchev–Trinajstić information content (AvgIpc) is 2.62. The first-order valence-electron chi connectivity index (χ1n) is 5.45. The molecule has 1 rings (SSSR count). The molecule has 6 nitrogen and oxygen atoms in total. The molecule has 6 heteroatoms. The maximum Gasteiger partial charge on any atom is 0.303 e. The Morgan fingerprint density at radius 1 is 1.50 bits per heavy atom. The van der Waals surface area contributed by atoms with Gasteiger partial charge in [0.05, 0.1) is 6.54 Å². The number of carboxylic acids is 1. The molecule has 0 saturated heterocycles. The van der Waals surface area contributed by atoms with Crippen LogP contribution in [0.1, 0.15) is 31.5 Å². The Morgan fingerprint density at radius 3 is 2.94 bits per heavy atom. The molecular weight excluding hydrogens is 208 g/mol. The second kappa shape index (κ2) is 6.95. The number of aliphatic carboxylic acids is 1. The van der Waals surface area contributed by atoms with Crippen LogP contribution in [0.25, 0.3) is 0 Å². The van der Waals surface area contributed by atoms with Gasteiger partial charge in [0, 0.05) is 13.5 Å². The number of rotatable bonds is 8. The van der Waals surface area contributed by atoms with E-state index in [0.29, 0.717) is 6.54 Å². The van der Waals surface area contributed by atoms with Crippen LogP contribution in [0.3, 0.4) is 0 Å². The van der Waals surface area contributed by atoms with Crippen LogP contribution in [0.15, 0.2) is 6.33 Å². The quantitative estimate of drug-likeness (QED) is 0.633. The Bertz CT molecular complexity index is 324. The fourth-order valence-corrected chi connectivity index (χ4v) is 1.37. The van der Waals surface area contributed by atoms with Gasteiger partial charge in [-0.3, -0.25) is 9.48 Å². The van der Waals surface area contributed by atoms with Gasteiger partial charge in [0.25, 0.3) is 0 Å². The summed E-state index contributed by atoms with van der Waals surface area (Å²) in [6.45, 7) is 1.54. The summed E-state index contributed by atoms with van der Waals surface area (Å²) in [5.41, 5.74) is 0. The number of carbonyl (C=O) groups is 1. The summed E-state index contributed by atoms with van der Waals surface area (Å²) >= 11 is 0. The van der Waals surface area contributed by atoms with Crippen molar-refractivity contribution in [2.75, 3.05) is 6.54 Å². The van der Waals surface area contributed by atoms with Crippen molar-refractivity contribution in [3.05, 3.63) is 12.2 Å². The lowest BCUT2D eigenvalue weighted by molar-refractivity contribution is -0.137. The molecule has 16 heavy (non-hydrogen) atoms. The first kappa shape index (κ1) is 12.6. The summed E-state index contributed by atoms with van der Waals surface area (Å²) < 4.78 is 1.67. The minimum Gasteiger partial charge on any atom is -0.481 e. The lowest BCUT2D eigenvalue weighted by Crippen LogP contribution is -2.15. The highest BCUT2D eigenvalue weighted by molar-refractivity contribution is 5.66. The van der Waals surface area contributed by atoms with E-state index in [-0.39, 0.29) is 6.42 Å². The fourth-order valence-electron chi connectivity index (χ4n) is 1.37. The second-order valence-electron chi connectivity index (χ2n) is 3.72. The molecule has 0 aliphatic heterocycles. The van der Waals surface area contributed by atoms with Crippen molar-refractivity contribution in [2.24, 2.45) is 7.05 Å². The molecule has 0 aliphatic rings. The third-order valence-electron chi connectivity index (χ3n) is 2.17. The molecule has 90 valence electrons. The standard InChI is InChI=1S/C10H18N4O2/c1-14-8-12-9(13-14)7-11-6-4-2-3-5-10(15)16/h8,11H,2-7H2,1H3,(H,15,16). The van der Waals surface area contributed by atoms with Crippen LogP contribution in [0.4, 0.5) is 0 Å². The van der Waals surface area contributed by atoms with E-state index in [9.17, 15) is 4.79 Å². The number of nitrogens with zero attached hydrogens (tertiary/aromatic N) is 3. The molecule has 0 aliphatic carbocycles. The van der Waals surface area contributed by atoms with Crippen LogP contribution in [0, 0.1) is 0 Å². The molecule has 0 atom stereocenters. The molecule has 1 aromatic rings. The summed E-state index contributed by atoms with van der Waals surface area (Å²) in [7, 11) is 1.84. The van der Waals surface area contributed by atoms with Gasteiger partial charge in [0.15, 0.2) is 5.82 Å². The zero-order valence-corrected chi connectivity index (χ0v) is 9.52. The molecule has 0 radical (unpaired) electrons. The Balaban J connectivity index is 1.94. The molecule has 1 aromatic heterocycles. The van der Waals surface area contributed by atoms with E-state index in [2.05, 4.69) is 15.4 Å². The summed E-state index contributed by atoms with van der Waals surface area (Å²) in [5.74, 6) is 0.0682. The molecule has 0 spiro atoms. The molecule has 0 saturated carbocycles. The monoisotopic (exact) mass is 226 g/mol. The second-order valence-corrected chi connectivity index (χ2v) is 3.72. The minimum absolute atomic E-state index is 0.266. The highest BCUT2D eigenvalue weighted by Gasteiger charge is 1.98. The zero-order valence-electron chi connectivity index (χ0n) is 9.52. The number of aryl methyl sites for hydroxylation is 1. The predicted octanol–water partition coefficient (Wildman–Crippen LogP) is 0.550. The van der Waals surface area contributed by atoms with E-state index in [1.165, 1.54) is 0 Å².